The number of hydrogen-bond donors (Lipinski definition) is 2. The minimum atomic E-state index is 0.0108. The summed E-state index contributed by atoms with van der Waals surface area (Å²) in [5.41, 5.74) is 1.72. The summed E-state index contributed by atoms with van der Waals surface area (Å²) < 4.78 is 1.88. The third-order valence-electron chi connectivity index (χ3n) is 4.71. The Balaban J connectivity index is 1.51. The SMILES string of the molecule is CC(C(=O)Nc1cccc(-c2nnnn2C2CC2)c1)C1CNC1. The largest absolute Gasteiger partial charge is 0.326 e. The van der Waals surface area contributed by atoms with E-state index in [1.54, 1.807) is 0 Å². The minimum absolute atomic E-state index is 0.0108. The van der Waals surface area contributed by atoms with Crippen molar-refractivity contribution in [2.24, 2.45) is 11.8 Å². The molecule has 0 bridgehead atoms. The maximum atomic E-state index is 12.3. The summed E-state index contributed by atoms with van der Waals surface area (Å²) in [5, 5.41) is 18.2. The molecule has 4 rings (SSSR count). The van der Waals surface area contributed by atoms with Crippen LogP contribution in [-0.4, -0.2) is 39.2 Å². The van der Waals surface area contributed by atoms with Crippen molar-refractivity contribution in [1.29, 1.82) is 0 Å². The molecule has 7 nitrogen and oxygen atoms in total. The first-order valence-electron chi connectivity index (χ1n) is 8.12. The number of aromatic nitrogens is 4. The van der Waals surface area contributed by atoms with Crippen molar-refractivity contribution < 1.29 is 4.79 Å². The van der Waals surface area contributed by atoms with Gasteiger partial charge in [0.05, 0.1) is 6.04 Å². The van der Waals surface area contributed by atoms with E-state index in [0.717, 1.165) is 43.0 Å². The fourth-order valence-electron chi connectivity index (χ4n) is 2.82. The van der Waals surface area contributed by atoms with Gasteiger partial charge in [0.15, 0.2) is 5.82 Å². The van der Waals surface area contributed by atoms with E-state index < -0.39 is 0 Å². The number of amides is 1. The second-order valence-corrected chi connectivity index (χ2v) is 6.46. The van der Waals surface area contributed by atoms with Crippen LogP contribution >= 0.6 is 0 Å². The van der Waals surface area contributed by atoms with E-state index in [9.17, 15) is 4.79 Å². The van der Waals surface area contributed by atoms with Crippen LogP contribution in [0.1, 0.15) is 25.8 Å². The molecule has 2 aliphatic rings. The standard InChI is InChI=1S/C16H20N6O/c1-10(12-8-17-9-12)16(23)18-13-4-2-3-11(7-13)15-19-20-21-22(15)14-5-6-14/h2-4,7,10,12,14,17H,5-6,8-9H2,1H3,(H,18,23). The van der Waals surface area contributed by atoms with Crippen molar-refractivity contribution >= 4 is 11.6 Å². The van der Waals surface area contributed by atoms with E-state index >= 15 is 0 Å². The Bertz CT molecular complexity index is 719. The lowest BCUT2D eigenvalue weighted by molar-refractivity contribution is -0.121. The van der Waals surface area contributed by atoms with Gasteiger partial charge < -0.3 is 10.6 Å². The van der Waals surface area contributed by atoms with E-state index in [1.165, 1.54) is 0 Å². The van der Waals surface area contributed by atoms with Gasteiger partial charge in [-0.3, -0.25) is 4.79 Å². The number of carbonyl (C=O) groups is 1. The number of nitrogens with one attached hydrogen (secondary N) is 2. The lowest BCUT2D eigenvalue weighted by Crippen LogP contribution is -2.48. The third-order valence-corrected chi connectivity index (χ3v) is 4.71. The molecular formula is C16H20N6O. The molecule has 23 heavy (non-hydrogen) atoms. The van der Waals surface area contributed by atoms with Gasteiger partial charge in [-0.25, -0.2) is 4.68 Å². The third kappa shape index (κ3) is 2.84. The van der Waals surface area contributed by atoms with Crippen molar-refractivity contribution in [3.63, 3.8) is 0 Å². The van der Waals surface area contributed by atoms with Gasteiger partial charge in [0, 0.05) is 17.2 Å². The van der Waals surface area contributed by atoms with Gasteiger partial charge in [0.2, 0.25) is 5.91 Å². The first-order valence-corrected chi connectivity index (χ1v) is 8.12. The molecule has 1 aliphatic heterocycles. The molecule has 2 fully saturated rings. The second-order valence-electron chi connectivity index (χ2n) is 6.46. The Morgan fingerprint density at radius 2 is 2.22 bits per heavy atom. The quantitative estimate of drug-likeness (QED) is 0.873. The van der Waals surface area contributed by atoms with Crippen LogP contribution in [0.2, 0.25) is 0 Å². The number of carbonyl (C=O) groups excluding carboxylic acids is 1. The maximum absolute atomic E-state index is 12.3. The first-order chi connectivity index (χ1) is 11.2. The van der Waals surface area contributed by atoms with Gasteiger partial charge in [0.25, 0.3) is 0 Å². The number of benzene rings is 1. The van der Waals surface area contributed by atoms with Gasteiger partial charge in [-0.05, 0) is 54.4 Å². The van der Waals surface area contributed by atoms with Crippen molar-refractivity contribution in [1.82, 2.24) is 25.5 Å². The lowest BCUT2D eigenvalue weighted by Gasteiger charge is -2.31. The second kappa shape index (κ2) is 5.73. The smallest absolute Gasteiger partial charge is 0.227 e. The van der Waals surface area contributed by atoms with Gasteiger partial charge in [0.1, 0.15) is 0 Å². The normalized spacial score (nSPS) is 19.2. The van der Waals surface area contributed by atoms with E-state index in [1.807, 2.05) is 35.9 Å². The predicted molar refractivity (Wildman–Crippen MR) is 85.7 cm³/mol. The molecule has 120 valence electrons. The van der Waals surface area contributed by atoms with Gasteiger partial charge >= 0.3 is 0 Å². The summed E-state index contributed by atoms with van der Waals surface area (Å²) in [4.78, 5) is 12.3. The van der Waals surface area contributed by atoms with Gasteiger partial charge in [-0.2, -0.15) is 0 Å². The molecule has 1 saturated carbocycles. The highest BCUT2D eigenvalue weighted by Crippen LogP contribution is 2.36. The fraction of sp³-hybridized carbons (Fsp3) is 0.500. The Morgan fingerprint density at radius 3 is 2.91 bits per heavy atom. The Kier molecular flexibility index (Phi) is 3.57. The summed E-state index contributed by atoms with van der Waals surface area (Å²) in [6.07, 6.45) is 2.25. The molecule has 1 atom stereocenters. The Morgan fingerprint density at radius 1 is 1.39 bits per heavy atom. The van der Waals surface area contributed by atoms with Gasteiger partial charge in [-0.15, -0.1) is 5.10 Å². The molecule has 0 spiro atoms. The van der Waals surface area contributed by atoms with Crippen LogP contribution in [-0.2, 0) is 4.79 Å². The summed E-state index contributed by atoms with van der Waals surface area (Å²) >= 11 is 0. The minimum Gasteiger partial charge on any atom is -0.326 e. The van der Waals surface area contributed by atoms with Crippen LogP contribution in [0.5, 0.6) is 0 Å². The summed E-state index contributed by atoms with van der Waals surface area (Å²) in [6, 6.07) is 8.16. The average Bonchev–Trinajstić information content (AvgIpc) is 3.22. The molecule has 2 N–H and O–H groups in total. The lowest BCUT2D eigenvalue weighted by atomic mass is 9.88. The van der Waals surface area contributed by atoms with E-state index in [-0.39, 0.29) is 11.8 Å². The van der Waals surface area contributed by atoms with E-state index in [2.05, 4.69) is 26.2 Å². The monoisotopic (exact) mass is 312 g/mol. The Labute approximate surface area is 134 Å². The zero-order chi connectivity index (χ0) is 15.8. The number of tetrazole rings is 1. The van der Waals surface area contributed by atoms with E-state index in [0.29, 0.717) is 12.0 Å². The highest BCUT2D eigenvalue weighted by molar-refractivity contribution is 5.93. The number of anilines is 1. The van der Waals surface area contributed by atoms with Gasteiger partial charge in [-0.1, -0.05) is 19.1 Å². The molecule has 2 aromatic rings. The topological polar surface area (TPSA) is 84.7 Å². The van der Waals surface area contributed by atoms with Crippen molar-refractivity contribution in [2.75, 3.05) is 18.4 Å². The molecule has 1 aromatic heterocycles. The van der Waals surface area contributed by atoms with Crippen molar-refractivity contribution in [3.8, 4) is 11.4 Å². The zero-order valence-corrected chi connectivity index (χ0v) is 13.1. The highest BCUT2D eigenvalue weighted by Gasteiger charge is 2.29. The zero-order valence-electron chi connectivity index (χ0n) is 13.1. The van der Waals surface area contributed by atoms with Crippen LogP contribution < -0.4 is 10.6 Å². The molecule has 1 aromatic carbocycles. The molecule has 1 unspecified atom stereocenters. The summed E-state index contributed by atoms with van der Waals surface area (Å²) in [5.74, 6) is 1.27. The molecule has 1 saturated heterocycles. The van der Waals surface area contributed by atoms with Crippen LogP contribution in [0.25, 0.3) is 11.4 Å². The maximum Gasteiger partial charge on any atom is 0.227 e. The summed E-state index contributed by atoms with van der Waals surface area (Å²) in [7, 11) is 0. The molecule has 0 radical (unpaired) electrons. The number of nitrogens with zero attached hydrogens (tertiary/aromatic N) is 4. The Hall–Kier alpha value is -2.28. The van der Waals surface area contributed by atoms with Crippen LogP contribution in [0.3, 0.4) is 0 Å². The number of rotatable bonds is 5. The molecule has 1 aliphatic carbocycles. The molecule has 2 heterocycles. The van der Waals surface area contributed by atoms with Crippen LogP contribution in [0.4, 0.5) is 5.69 Å². The first kappa shape index (κ1) is 14.3. The average molecular weight is 312 g/mol. The van der Waals surface area contributed by atoms with Crippen LogP contribution in [0.15, 0.2) is 24.3 Å². The fourth-order valence-corrected chi connectivity index (χ4v) is 2.82. The predicted octanol–water partition coefficient (Wildman–Crippen LogP) is 1.47. The molecular weight excluding hydrogens is 292 g/mol. The van der Waals surface area contributed by atoms with E-state index in [4.69, 9.17) is 0 Å². The van der Waals surface area contributed by atoms with Crippen molar-refractivity contribution in [3.05, 3.63) is 24.3 Å². The van der Waals surface area contributed by atoms with Crippen LogP contribution in [0, 0.1) is 11.8 Å². The number of hydrogen-bond acceptors (Lipinski definition) is 5. The van der Waals surface area contributed by atoms with Crippen molar-refractivity contribution in [2.45, 2.75) is 25.8 Å². The molecule has 7 heteroatoms. The molecule has 1 amide bonds. The summed E-state index contributed by atoms with van der Waals surface area (Å²) in [6.45, 7) is 3.83. The highest BCUT2D eigenvalue weighted by atomic mass is 16.1.